The zero-order valence-corrected chi connectivity index (χ0v) is 12.6. The maximum atomic E-state index is 13.7. The highest BCUT2D eigenvalue weighted by atomic mass is 19.1. The van der Waals surface area contributed by atoms with Crippen LogP contribution in [0.4, 0.5) is 21.5 Å². The molecule has 0 radical (unpaired) electrons. The number of rotatable bonds is 3. The van der Waals surface area contributed by atoms with Crippen LogP contribution in [0.15, 0.2) is 72.8 Å². The van der Waals surface area contributed by atoms with E-state index < -0.39 is 5.82 Å². The molecule has 0 N–H and O–H groups in total. The average molecular weight is 313 g/mol. The van der Waals surface area contributed by atoms with Crippen molar-refractivity contribution >= 4 is 17.1 Å². The third kappa shape index (κ3) is 2.82. The van der Waals surface area contributed by atoms with Crippen molar-refractivity contribution in [2.45, 2.75) is 0 Å². The Morgan fingerprint density at radius 3 is 1.50 bits per heavy atom. The summed E-state index contributed by atoms with van der Waals surface area (Å²) in [5.74, 6) is -0.604. The Labute approximate surface area is 139 Å². The minimum Gasteiger partial charge on any atom is -0.308 e. The third-order valence-electron chi connectivity index (χ3n) is 3.57. The molecule has 114 valence electrons. The zero-order valence-electron chi connectivity index (χ0n) is 12.6. The molecule has 0 unspecified atom stereocenters. The molecule has 0 fully saturated rings. The van der Waals surface area contributed by atoms with Crippen LogP contribution in [0.5, 0.6) is 0 Å². The quantitative estimate of drug-likeness (QED) is 0.680. The van der Waals surface area contributed by atoms with Crippen molar-refractivity contribution in [3.8, 4) is 12.1 Å². The fourth-order valence-corrected chi connectivity index (χ4v) is 2.57. The SMILES string of the molecule is N#Cc1cc(F)cc(C#N)c1N(c1ccccc1)c1ccccc1. The van der Waals surface area contributed by atoms with Gasteiger partial charge in [-0.15, -0.1) is 0 Å². The summed E-state index contributed by atoms with van der Waals surface area (Å²) in [4.78, 5) is 1.79. The van der Waals surface area contributed by atoms with E-state index in [0.29, 0.717) is 5.69 Å². The number of benzene rings is 3. The second kappa shape index (κ2) is 6.64. The molecule has 3 nitrogen and oxygen atoms in total. The summed E-state index contributed by atoms with van der Waals surface area (Å²) in [5, 5.41) is 18.9. The summed E-state index contributed by atoms with van der Waals surface area (Å²) in [7, 11) is 0. The van der Waals surface area contributed by atoms with Gasteiger partial charge in [0.25, 0.3) is 0 Å². The van der Waals surface area contributed by atoms with E-state index in [1.165, 1.54) is 0 Å². The lowest BCUT2D eigenvalue weighted by Gasteiger charge is -2.27. The number of hydrogen-bond acceptors (Lipinski definition) is 3. The monoisotopic (exact) mass is 313 g/mol. The average Bonchev–Trinajstić information content (AvgIpc) is 2.64. The predicted molar refractivity (Wildman–Crippen MR) is 90.5 cm³/mol. The smallest absolute Gasteiger partial charge is 0.126 e. The van der Waals surface area contributed by atoms with Crippen LogP contribution in [-0.4, -0.2) is 0 Å². The summed E-state index contributed by atoms with van der Waals surface area (Å²) in [6.45, 7) is 0. The largest absolute Gasteiger partial charge is 0.308 e. The van der Waals surface area contributed by atoms with Crippen LogP contribution in [0.25, 0.3) is 0 Å². The number of halogens is 1. The van der Waals surface area contributed by atoms with Crippen molar-refractivity contribution in [2.75, 3.05) is 4.90 Å². The Bertz CT molecular complexity index is 864. The van der Waals surface area contributed by atoms with E-state index in [1.807, 2.05) is 72.8 Å². The Morgan fingerprint density at radius 1 is 0.708 bits per heavy atom. The first-order chi connectivity index (χ1) is 11.7. The molecule has 0 heterocycles. The lowest BCUT2D eigenvalue weighted by Crippen LogP contribution is -2.13. The van der Waals surface area contributed by atoms with Crippen LogP contribution < -0.4 is 4.90 Å². The van der Waals surface area contributed by atoms with Gasteiger partial charge in [-0.3, -0.25) is 0 Å². The molecule has 0 spiro atoms. The summed E-state index contributed by atoms with van der Waals surface area (Å²) < 4.78 is 13.7. The second-order valence-corrected chi connectivity index (χ2v) is 5.08. The van der Waals surface area contributed by atoms with Crippen molar-refractivity contribution in [3.05, 3.63) is 89.7 Å². The van der Waals surface area contributed by atoms with Gasteiger partial charge in [-0.1, -0.05) is 36.4 Å². The summed E-state index contributed by atoms with van der Waals surface area (Å²) >= 11 is 0. The van der Waals surface area contributed by atoms with Crippen molar-refractivity contribution in [1.82, 2.24) is 0 Å². The standard InChI is InChI=1S/C20H12FN3/c21-17-11-15(13-22)20(16(12-17)14-23)24(18-7-3-1-4-8-18)19-9-5-2-6-10-19/h1-12H. The molecular weight excluding hydrogens is 301 g/mol. The Balaban J connectivity index is 2.33. The van der Waals surface area contributed by atoms with Gasteiger partial charge < -0.3 is 4.90 Å². The van der Waals surface area contributed by atoms with Crippen molar-refractivity contribution in [3.63, 3.8) is 0 Å². The first-order valence-corrected chi connectivity index (χ1v) is 7.28. The van der Waals surface area contributed by atoms with E-state index in [-0.39, 0.29) is 11.1 Å². The maximum absolute atomic E-state index is 13.7. The van der Waals surface area contributed by atoms with Crippen molar-refractivity contribution in [1.29, 1.82) is 10.5 Å². The number of nitrogens with zero attached hydrogens (tertiary/aromatic N) is 3. The molecule has 4 heteroatoms. The van der Waals surface area contributed by atoms with Crippen LogP contribution in [0.2, 0.25) is 0 Å². The van der Waals surface area contributed by atoms with Gasteiger partial charge in [-0.2, -0.15) is 10.5 Å². The number of anilines is 3. The highest BCUT2D eigenvalue weighted by Gasteiger charge is 2.20. The first kappa shape index (κ1) is 15.3. The molecule has 0 saturated heterocycles. The van der Waals surface area contributed by atoms with Crippen LogP contribution in [-0.2, 0) is 0 Å². The Hall–Kier alpha value is -3.63. The van der Waals surface area contributed by atoms with E-state index in [1.54, 1.807) is 4.90 Å². The molecule has 0 aliphatic rings. The van der Waals surface area contributed by atoms with E-state index in [4.69, 9.17) is 0 Å². The van der Waals surface area contributed by atoms with Gasteiger partial charge in [-0.25, -0.2) is 4.39 Å². The van der Waals surface area contributed by atoms with Crippen LogP contribution in [0.1, 0.15) is 11.1 Å². The highest BCUT2D eigenvalue weighted by Crippen LogP contribution is 2.38. The minimum atomic E-state index is -0.604. The maximum Gasteiger partial charge on any atom is 0.126 e. The van der Waals surface area contributed by atoms with Gasteiger partial charge in [0.1, 0.15) is 18.0 Å². The zero-order chi connectivity index (χ0) is 16.9. The number of para-hydroxylation sites is 2. The molecule has 0 atom stereocenters. The van der Waals surface area contributed by atoms with Gasteiger partial charge in [-0.05, 0) is 36.4 Å². The number of nitriles is 2. The summed E-state index contributed by atoms with van der Waals surface area (Å²) in [5.41, 5.74) is 2.16. The molecule has 3 rings (SSSR count). The topological polar surface area (TPSA) is 50.8 Å². The lowest BCUT2D eigenvalue weighted by atomic mass is 10.0. The number of hydrogen-bond donors (Lipinski definition) is 0. The van der Waals surface area contributed by atoms with Crippen LogP contribution >= 0.6 is 0 Å². The predicted octanol–water partition coefficient (Wildman–Crippen LogP) is 5.04. The molecule has 0 saturated carbocycles. The Kier molecular flexibility index (Phi) is 4.23. The molecule has 0 aliphatic heterocycles. The van der Waals surface area contributed by atoms with Gasteiger partial charge >= 0.3 is 0 Å². The van der Waals surface area contributed by atoms with Crippen molar-refractivity contribution in [2.24, 2.45) is 0 Å². The first-order valence-electron chi connectivity index (χ1n) is 7.28. The molecule has 0 bridgehead atoms. The summed E-state index contributed by atoms with van der Waals surface area (Å²) in [6.07, 6.45) is 0. The molecule has 0 aromatic heterocycles. The highest BCUT2D eigenvalue weighted by molar-refractivity contribution is 5.83. The van der Waals surface area contributed by atoms with Gasteiger partial charge in [0.05, 0.1) is 16.8 Å². The molecular formula is C20H12FN3. The normalized spacial score (nSPS) is 9.79. The van der Waals surface area contributed by atoms with Gasteiger partial charge in [0.2, 0.25) is 0 Å². The van der Waals surface area contributed by atoms with Crippen LogP contribution in [0, 0.1) is 28.5 Å². The molecule has 0 aliphatic carbocycles. The fourth-order valence-electron chi connectivity index (χ4n) is 2.57. The second-order valence-electron chi connectivity index (χ2n) is 5.08. The van der Waals surface area contributed by atoms with E-state index in [2.05, 4.69) is 0 Å². The molecule has 24 heavy (non-hydrogen) atoms. The molecule has 3 aromatic rings. The van der Waals surface area contributed by atoms with Gasteiger partial charge in [0.15, 0.2) is 0 Å². The van der Waals surface area contributed by atoms with E-state index in [0.717, 1.165) is 23.5 Å². The fraction of sp³-hybridized carbons (Fsp3) is 0. The van der Waals surface area contributed by atoms with E-state index in [9.17, 15) is 14.9 Å². The lowest BCUT2D eigenvalue weighted by molar-refractivity contribution is 0.627. The van der Waals surface area contributed by atoms with Gasteiger partial charge in [0, 0.05) is 11.4 Å². The molecule has 0 amide bonds. The van der Waals surface area contributed by atoms with Crippen LogP contribution in [0.3, 0.4) is 0 Å². The van der Waals surface area contributed by atoms with E-state index >= 15 is 0 Å². The minimum absolute atomic E-state index is 0.110. The molecule has 3 aromatic carbocycles. The third-order valence-corrected chi connectivity index (χ3v) is 3.57. The van der Waals surface area contributed by atoms with Crippen molar-refractivity contribution < 1.29 is 4.39 Å². The Morgan fingerprint density at radius 2 is 1.12 bits per heavy atom. The summed E-state index contributed by atoms with van der Waals surface area (Å²) in [6, 6.07) is 25.0.